The summed E-state index contributed by atoms with van der Waals surface area (Å²) in [5.41, 5.74) is 14.1. The summed E-state index contributed by atoms with van der Waals surface area (Å²) in [6.45, 7) is 0. The van der Waals surface area contributed by atoms with Crippen LogP contribution < -0.4 is 4.90 Å². The summed E-state index contributed by atoms with van der Waals surface area (Å²) in [7, 11) is 0. The van der Waals surface area contributed by atoms with Gasteiger partial charge >= 0.3 is 0 Å². The van der Waals surface area contributed by atoms with Gasteiger partial charge in [0.1, 0.15) is 0 Å². The van der Waals surface area contributed by atoms with Crippen LogP contribution in [0.1, 0.15) is 0 Å². The van der Waals surface area contributed by atoms with Gasteiger partial charge in [-0.25, -0.2) is 0 Å². The van der Waals surface area contributed by atoms with Crippen molar-refractivity contribution in [2.24, 2.45) is 0 Å². The van der Waals surface area contributed by atoms with E-state index in [0.29, 0.717) is 0 Å². The third kappa shape index (κ3) is 5.91. The number of hydrogen-bond acceptors (Lipinski definition) is 1. The van der Waals surface area contributed by atoms with E-state index >= 15 is 0 Å². The SMILES string of the molecule is c1ccc(-c2ccccc2N(c2ccc3cc(-c4cccc(-c5ccc6ccccc6c5)c4)ccc3c2)c2ccc3c(c2)c2ccccc2n3-c2ccccc2)cc1. The van der Waals surface area contributed by atoms with Crippen molar-refractivity contribution in [1.29, 1.82) is 0 Å². The Bertz CT molecular complexity index is 3290. The minimum Gasteiger partial charge on any atom is -0.310 e. The van der Waals surface area contributed by atoms with Crippen molar-refractivity contribution in [2.75, 3.05) is 4.90 Å². The maximum Gasteiger partial charge on any atom is 0.0542 e. The van der Waals surface area contributed by atoms with Crippen molar-refractivity contribution in [2.45, 2.75) is 0 Å². The summed E-state index contributed by atoms with van der Waals surface area (Å²) < 4.78 is 2.38. The molecule has 2 heteroatoms. The van der Waals surface area contributed by atoms with E-state index in [9.17, 15) is 0 Å². The third-order valence-electron chi connectivity index (χ3n) is 11.5. The smallest absolute Gasteiger partial charge is 0.0542 e. The van der Waals surface area contributed by atoms with Crippen LogP contribution in [0.3, 0.4) is 0 Å². The molecule has 10 aromatic carbocycles. The van der Waals surface area contributed by atoms with E-state index in [4.69, 9.17) is 0 Å². The Hall–Kier alpha value is -7.68. The van der Waals surface area contributed by atoms with Crippen LogP contribution in [0, 0.1) is 0 Å². The van der Waals surface area contributed by atoms with E-state index in [1.807, 2.05) is 0 Å². The molecule has 0 atom stereocenters. The molecule has 0 aliphatic rings. The molecule has 0 radical (unpaired) electrons. The second-order valence-corrected chi connectivity index (χ2v) is 15.0. The lowest BCUT2D eigenvalue weighted by molar-refractivity contribution is 1.18. The lowest BCUT2D eigenvalue weighted by atomic mass is 9.96. The summed E-state index contributed by atoms with van der Waals surface area (Å²) >= 11 is 0. The Kier molecular flexibility index (Phi) is 8.19. The van der Waals surface area contributed by atoms with Gasteiger partial charge in [0.2, 0.25) is 0 Å². The van der Waals surface area contributed by atoms with Crippen molar-refractivity contribution < 1.29 is 0 Å². The Morgan fingerprint density at radius 3 is 1.64 bits per heavy atom. The number of hydrogen-bond donors (Lipinski definition) is 0. The van der Waals surface area contributed by atoms with Crippen LogP contribution in [-0.2, 0) is 0 Å². The first-order valence-electron chi connectivity index (χ1n) is 19.9. The summed E-state index contributed by atoms with van der Waals surface area (Å²) in [5.74, 6) is 0. The number of fused-ring (bicyclic) bond motifs is 5. The van der Waals surface area contributed by atoms with Crippen molar-refractivity contribution >= 4 is 60.4 Å². The van der Waals surface area contributed by atoms with Gasteiger partial charge in [0.15, 0.2) is 0 Å². The molecule has 11 rings (SSSR count). The Morgan fingerprint density at radius 1 is 0.293 bits per heavy atom. The van der Waals surface area contributed by atoms with Gasteiger partial charge < -0.3 is 9.47 Å². The molecule has 0 bridgehead atoms. The van der Waals surface area contributed by atoms with Crippen LogP contribution in [0.15, 0.2) is 231 Å². The number of anilines is 3. The molecule has 0 aliphatic heterocycles. The predicted octanol–water partition coefficient (Wildman–Crippen LogP) is 15.6. The van der Waals surface area contributed by atoms with Gasteiger partial charge in [-0.1, -0.05) is 158 Å². The molecule has 2 nitrogen and oxygen atoms in total. The zero-order chi connectivity index (χ0) is 38.4. The molecule has 0 spiro atoms. The van der Waals surface area contributed by atoms with Crippen molar-refractivity contribution in [3.05, 3.63) is 231 Å². The number of rotatable bonds is 7. The lowest BCUT2D eigenvalue weighted by Gasteiger charge is -2.28. The highest BCUT2D eigenvalue weighted by Gasteiger charge is 2.20. The molecule has 1 heterocycles. The van der Waals surface area contributed by atoms with Crippen molar-refractivity contribution in [3.63, 3.8) is 0 Å². The molecular weight excluding hydrogens is 701 g/mol. The maximum absolute atomic E-state index is 2.43. The monoisotopic (exact) mass is 738 g/mol. The average Bonchev–Trinajstić information content (AvgIpc) is 3.63. The zero-order valence-corrected chi connectivity index (χ0v) is 31.8. The average molecular weight is 739 g/mol. The second-order valence-electron chi connectivity index (χ2n) is 15.0. The largest absolute Gasteiger partial charge is 0.310 e. The quantitative estimate of drug-likeness (QED) is 0.158. The van der Waals surface area contributed by atoms with Gasteiger partial charge in [0, 0.05) is 33.4 Å². The van der Waals surface area contributed by atoms with Crippen LogP contribution in [0.2, 0.25) is 0 Å². The van der Waals surface area contributed by atoms with Crippen LogP contribution >= 0.6 is 0 Å². The molecule has 272 valence electrons. The Morgan fingerprint density at radius 2 is 0.828 bits per heavy atom. The first kappa shape index (κ1) is 33.6. The van der Waals surface area contributed by atoms with Gasteiger partial charge in [0.25, 0.3) is 0 Å². The Labute approximate surface area is 338 Å². The normalized spacial score (nSPS) is 11.4. The molecule has 0 aliphatic carbocycles. The highest BCUT2D eigenvalue weighted by atomic mass is 15.1. The molecule has 58 heavy (non-hydrogen) atoms. The minimum absolute atomic E-state index is 1.10. The van der Waals surface area contributed by atoms with E-state index in [1.165, 1.54) is 76.7 Å². The number of nitrogens with zero attached hydrogens (tertiary/aromatic N) is 2. The highest BCUT2D eigenvalue weighted by molar-refractivity contribution is 6.11. The van der Waals surface area contributed by atoms with Gasteiger partial charge in [0.05, 0.1) is 16.7 Å². The fourth-order valence-electron chi connectivity index (χ4n) is 8.71. The van der Waals surface area contributed by atoms with Gasteiger partial charge in [-0.2, -0.15) is 0 Å². The second kappa shape index (κ2) is 14.1. The summed E-state index contributed by atoms with van der Waals surface area (Å²) in [4.78, 5) is 2.43. The maximum atomic E-state index is 2.43. The minimum atomic E-state index is 1.10. The summed E-state index contributed by atoms with van der Waals surface area (Å²) in [5, 5.41) is 7.36. The summed E-state index contributed by atoms with van der Waals surface area (Å²) in [6, 6.07) is 83.8. The molecule has 0 unspecified atom stereocenters. The van der Waals surface area contributed by atoms with Gasteiger partial charge in [-0.3, -0.25) is 0 Å². The lowest BCUT2D eigenvalue weighted by Crippen LogP contribution is -2.11. The Balaban J connectivity index is 1.04. The highest BCUT2D eigenvalue weighted by Crippen LogP contribution is 2.44. The first-order chi connectivity index (χ1) is 28.7. The van der Waals surface area contributed by atoms with Gasteiger partial charge in [-0.15, -0.1) is 0 Å². The summed E-state index contributed by atoms with van der Waals surface area (Å²) in [6.07, 6.45) is 0. The topological polar surface area (TPSA) is 8.17 Å². The van der Waals surface area contributed by atoms with E-state index in [0.717, 1.165) is 22.7 Å². The molecule has 11 aromatic rings. The molecule has 0 amide bonds. The zero-order valence-electron chi connectivity index (χ0n) is 31.8. The molecule has 1 aromatic heterocycles. The van der Waals surface area contributed by atoms with Gasteiger partial charge in [-0.05, 0) is 122 Å². The van der Waals surface area contributed by atoms with Crippen LogP contribution in [0.25, 0.3) is 82.4 Å². The first-order valence-corrected chi connectivity index (χ1v) is 19.9. The van der Waals surface area contributed by atoms with Crippen molar-refractivity contribution in [1.82, 2.24) is 4.57 Å². The molecule has 0 N–H and O–H groups in total. The van der Waals surface area contributed by atoms with E-state index in [-0.39, 0.29) is 0 Å². The van der Waals surface area contributed by atoms with Crippen LogP contribution in [0.4, 0.5) is 17.1 Å². The van der Waals surface area contributed by atoms with E-state index < -0.39 is 0 Å². The molecule has 0 saturated carbocycles. The fourth-order valence-corrected chi connectivity index (χ4v) is 8.71. The number of para-hydroxylation sites is 3. The molecule has 0 saturated heterocycles. The van der Waals surface area contributed by atoms with E-state index in [1.54, 1.807) is 0 Å². The van der Waals surface area contributed by atoms with Crippen LogP contribution in [-0.4, -0.2) is 4.57 Å². The number of benzene rings is 10. The standard InChI is InChI=1S/C56H38N2/c1-3-15-40(16-4-1)51-22-9-11-24-54(51)57(50-32-33-56-53(38-50)52-23-10-12-25-55(52)58(56)48-20-5-2-6-21-48)49-31-30-46-36-45(28-29-47(46)37-49)43-19-13-18-42(35-43)44-27-26-39-14-7-8-17-41(39)34-44/h1-38H. The molecule has 0 fully saturated rings. The fraction of sp³-hybridized carbons (Fsp3) is 0. The number of aromatic nitrogens is 1. The van der Waals surface area contributed by atoms with E-state index in [2.05, 4.69) is 240 Å². The third-order valence-corrected chi connectivity index (χ3v) is 11.5. The molecular formula is C56H38N2. The van der Waals surface area contributed by atoms with Crippen LogP contribution in [0.5, 0.6) is 0 Å². The van der Waals surface area contributed by atoms with Crippen molar-refractivity contribution in [3.8, 4) is 39.1 Å². The predicted molar refractivity (Wildman–Crippen MR) is 247 cm³/mol.